The lowest BCUT2D eigenvalue weighted by molar-refractivity contribution is -0.155. The number of ether oxygens (including phenoxy) is 2. The summed E-state index contributed by atoms with van der Waals surface area (Å²) in [5, 5.41) is 8.59. The molecular weight excluding hydrogens is 488 g/mol. The highest BCUT2D eigenvalue weighted by Crippen LogP contribution is 2.24. The van der Waals surface area contributed by atoms with E-state index in [1.807, 2.05) is 102 Å². The second-order valence-corrected chi connectivity index (χ2v) is 10.7. The van der Waals surface area contributed by atoms with Crippen molar-refractivity contribution in [3.8, 4) is 0 Å². The molecule has 3 aromatic rings. The van der Waals surface area contributed by atoms with E-state index in [4.69, 9.17) is 9.47 Å². The van der Waals surface area contributed by atoms with Gasteiger partial charge in [-0.05, 0) is 108 Å². The predicted octanol–water partition coefficient (Wildman–Crippen LogP) is 8.98. The lowest BCUT2D eigenvalue weighted by atomic mass is 9.91. The number of nitrogens with zero attached hydrogens (tertiary/aromatic N) is 2. The number of ketones is 2. The maximum atomic E-state index is 13.3. The lowest BCUT2D eigenvalue weighted by Crippen LogP contribution is -2.37. The monoisotopic (exact) mass is 530 g/mol. The Bertz CT molecular complexity index is 1270. The fourth-order valence-corrected chi connectivity index (χ4v) is 3.54. The molecule has 0 aliphatic rings. The van der Waals surface area contributed by atoms with Crippen LogP contribution in [0.3, 0.4) is 0 Å². The maximum absolute atomic E-state index is 13.3. The average molecular weight is 531 g/mol. The highest BCUT2D eigenvalue weighted by atomic mass is 16.7. The van der Waals surface area contributed by atoms with Gasteiger partial charge in [0.1, 0.15) is 12.4 Å². The van der Waals surface area contributed by atoms with Crippen molar-refractivity contribution in [2.75, 3.05) is 6.79 Å². The van der Waals surface area contributed by atoms with Crippen molar-refractivity contribution < 1.29 is 19.1 Å². The van der Waals surface area contributed by atoms with Crippen LogP contribution in [0, 0.1) is 6.92 Å². The summed E-state index contributed by atoms with van der Waals surface area (Å²) in [6.45, 7) is 16.7. The molecule has 0 unspecified atom stereocenters. The van der Waals surface area contributed by atoms with Gasteiger partial charge in [-0.3, -0.25) is 9.59 Å². The maximum Gasteiger partial charge on any atom is 0.194 e. The Kier molecular flexibility index (Phi) is 11.4. The Morgan fingerprint density at radius 2 is 1.23 bits per heavy atom. The quantitative estimate of drug-likeness (QED) is 0.149. The third-order valence-corrected chi connectivity index (χ3v) is 5.78. The Balaban J connectivity index is 0.00000260. The summed E-state index contributed by atoms with van der Waals surface area (Å²) >= 11 is 0. The van der Waals surface area contributed by atoms with Gasteiger partial charge in [0.25, 0.3) is 0 Å². The van der Waals surface area contributed by atoms with E-state index in [2.05, 4.69) is 10.2 Å². The normalized spacial score (nSPS) is 11.7. The van der Waals surface area contributed by atoms with E-state index in [1.165, 1.54) is 12.5 Å². The number of benzene rings is 3. The van der Waals surface area contributed by atoms with Gasteiger partial charge < -0.3 is 9.47 Å². The van der Waals surface area contributed by atoms with E-state index >= 15 is 0 Å². The van der Waals surface area contributed by atoms with Crippen molar-refractivity contribution >= 4 is 22.9 Å². The molecule has 0 aliphatic carbocycles. The van der Waals surface area contributed by atoms with Crippen molar-refractivity contribution in [3.63, 3.8) is 0 Å². The van der Waals surface area contributed by atoms with Crippen LogP contribution in [0.4, 0.5) is 11.4 Å². The molecule has 0 heterocycles. The van der Waals surface area contributed by atoms with Crippen LogP contribution in [0.5, 0.6) is 0 Å². The molecule has 0 N–H and O–H groups in total. The van der Waals surface area contributed by atoms with Gasteiger partial charge in [0, 0.05) is 11.1 Å². The van der Waals surface area contributed by atoms with Gasteiger partial charge in [0.2, 0.25) is 0 Å². The number of carbonyl (C=O) groups is 2. The van der Waals surface area contributed by atoms with Gasteiger partial charge >= 0.3 is 0 Å². The summed E-state index contributed by atoms with van der Waals surface area (Å²) in [6.07, 6.45) is 0.561. The molecule has 0 fully saturated rings. The largest absolute Gasteiger partial charge is 0.350 e. The van der Waals surface area contributed by atoms with Crippen molar-refractivity contribution in [2.45, 2.75) is 79.9 Å². The Labute approximate surface area is 233 Å². The summed E-state index contributed by atoms with van der Waals surface area (Å²) in [7, 11) is 0. The molecule has 0 spiro atoms. The topological polar surface area (TPSA) is 77.3 Å². The van der Waals surface area contributed by atoms with Crippen LogP contribution in [0.2, 0.25) is 0 Å². The Hall–Kier alpha value is -3.48. The fourth-order valence-electron chi connectivity index (χ4n) is 3.54. The number of aryl methyl sites for hydroxylation is 1. The smallest absolute Gasteiger partial charge is 0.194 e. The highest BCUT2D eigenvalue weighted by Gasteiger charge is 2.31. The molecule has 0 saturated carbocycles. The van der Waals surface area contributed by atoms with Crippen LogP contribution in [-0.2, 0) is 15.9 Å². The first-order chi connectivity index (χ1) is 18.3. The minimum Gasteiger partial charge on any atom is -0.350 e. The summed E-state index contributed by atoms with van der Waals surface area (Å²) in [6, 6.07) is 20.9. The Morgan fingerprint density at radius 3 is 1.74 bits per heavy atom. The van der Waals surface area contributed by atoms with Gasteiger partial charge in [-0.1, -0.05) is 43.7 Å². The van der Waals surface area contributed by atoms with Crippen molar-refractivity contribution in [2.24, 2.45) is 10.2 Å². The molecular formula is C33H42N2O4. The van der Waals surface area contributed by atoms with Gasteiger partial charge in [-0.2, -0.15) is 10.2 Å². The Morgan fingerprint density at radius 1 is 0.718 bits per heavy atom. The van der Waals surface area contributed by atoms with Gasteiger partial charge in [0.15, 0.2) is 11.6 Å². The van der Waals surface area contributed by atoms with Crippen molar-refractivity contribution in [1.29, 1.82) is 0 Å². The van der Waals surface area contributed by atoms with E-state index in [0.717, 1.165) is 22.5 Å². The summed E-state index contributed by atoms with van der Waals surface area (Å²) < 4.78 is 11.4. The molecule has 6 heteroatoms. The van der Waals surface area contributed by atoms with E-state index in [9.17, 15) is 9.59 Å². The second kappa shape index (κ2) is 14.1. The van der Waals surface area contributed by atoms with E-state index in [0.29, 0.717) is 17.5 Å². The zero-order valence-corrected chi connectivity index (χ0v) is 24.8. The van der Waals surface area contributed by atoms with Crippen molar-refractivity contribution in [3.05, 3.63) is 94.5 Å². The zero-order valence-electron chi connectivity index (χ0n) is 24.8. The molecule has 6 nitrogen and oxygen atoms in total. The summed E-state index contributed by atoms with van der Waals surface area (Å²) in [4.78, 5) is 25.6. The van der Waals surface area contributed by atoms with Crippen LogP contribution in [0.15, 0.2) is 77.0 Å². The van der Waals surface area contributed by atoms with E-state index in [1.54, 1.807) is 19.9 Å². The minimum atomic E-state index is -1.11. The van der Waals surface area contributed by atoms with Crippen molar-refractivity contribution in [1.82, 2.24) is 0 Å². The second-order valence-electron chi connectivity index (χ2n) is 10.7. The van der Waals surface area contributed by atoms with Crippen LogP contribution in [-0.4, -0.2) is 29.6 Å². The predicted molar refractivity (Wildman–Crippen MR) is 158 cm³/mol. The number of hydrogen-bond acceptors (Lipinski definition) is 6. The molecule has 3 aromatic carbocycles. The first-order valence-electron chi connectivity index (χ1n) is 13.4. The SMILES string of the molecule is CC.CC(=O)c1cc(Cc2ccc(N=Nc3ccc(C)cc3)cc2)cc(C(=O)C(C)(C)OCOC(C)(C)C)c1. The fraction of sp³-hybridized carbons (Fsp3) is 0.394. The number of hydrogen-bond donors (Lipinski definition) is 0. The standard InChI is InChI=1S/C31H36N2O4.C2H6/c1-21-8-12-27(13-9-21)32-33-28-14-10-23(11-15-28)16-24-17-25(22(2)34)19-26(18-24)29(35)31(6,7)37-20-36-30(3,4)5;1-2/h8-15,17-19H,16,20H2,1-7H3;1-2H3. The lowest BCUT2D eigenvalue weighted by Gasteiger charge is -2.27. The number of carbonyl (C=O) groups excluding carboxylic acids is 2. The molecule has 3 rings (SSSR count). The highest BCUT2D eigenvalue weighted by molar-refractivity contribution is 6.04. The third kappa shape index (κ3) is 10.3. The van der Waals surface area contributed by atoms with Gasteiger partial charge in [0.05, 0.1) is 17.0 Å². The molecule has 0 atom stereocenters. The van der Waals surface area contributed by atoms with Crippen LogP contribution in [0.25, 0.3) is 0 Å². The number of Topliss-reactive ketones (excluding diaryl/α,β-unsaturated/α-hetero) is 2. The molecule has 0 aliphatic heterocycles. The molecule has 0 bridgehead atoms. The molecule has 208 valence electrons. The minimum absolute atomic E-state index is 0.00486. The molecule has 39 heavy (non-hydrogen) atoms. The van der Waals surface area contributed by atoms with Gasteiger partial charge in [-0.15, -0.1) is 0 Å². The molecule has 0 saturated heterocycles. The molecule has 0 amide bonds. The first kappa shape index (κ1) is 31.7. The van der Waals surface area contributed by atoms with E-state index < -0.39 is 5.60 Å². The zero-order chi connectivity index (χ0) is 29.2. The number of rotatable bonds is 10. The van der Waals surface area contributed by atoms with Gasteiger partial charge in [-0.25, -0.2) is 0 Å². The molecule has 0 aromatic heterocycles. The number of azo groups is 1. The molecule has 0 radical (unpaired) electrons. The first-order valence-corrected chi connectivity index (χ1v) is 13.4. The van der Waals surface area contributed by atoms with E-state index in [-0.39, 0.29) is 24.0 Å². The summed E-state index contributed by atoms with van der Waals surface area (Å²) in [5.41, 5.74) is 4.05. The summed E-state index contributed by atoms with van der Waals surface area (Å²) in [5.74, 6) is -0.307. The van der Waals surface area contributed by atoms with Crippen LogP contribution < -0.4 is 0 Å². The van der Waals surface area contributed by atoms with Crippen LogP contribution in [0.1, 0.15) is 92.8 Å². The average Bonchev–Trinajstić information content (AvgIpc) is 2.89. The third-order valence-electron chi connectivity index (χ3n) is 5.78. The van der Waals surface area contributed by atoms with Crippen LogP contribution >= 0.6 is 0 Å².